The van der Waals surface area contributed by atoms with Crippen LogP contribution in [0.1, 0.15) is 42.7 Å². The number of fused-ring (bicyclic) bond motifs is 4. The van der Waals surface area contributed by atoms with Crippen LogP contribution in [-0.2, 0) is 0 Å². The maximum Gasteiger partial charge on any atom is 0.343 e. The Kier molecular flexibility index (Phi) is 3.40. The molecule has 2 heterocycles. The molecule has 3 aromatic rings. The van der Waals surface area contributed by atoms with Crippen LogP contribution >= 0.6 is 0 Å². The van der Waals surface area contributed by atoms with E-state index in [1.165, 1.54) is 18.4 Å². The molecule has 0 bridgehead atoms. The summed E-state index contributed by atoms with van der Waals surface area (Å²) in [5.41, 5.74) is 2.23. The van der Waals surface area contributed by atoms with Crippen molar-refractivity contribution in [2.45, 2.75) is 37.7 Å². The zero-order valence-corrected chi connectivity index (χ0v) is 14.0. The Balaban J connectivity index is 1.81. The molecule has 1 unspecified atom stereocenters. The summed E-state index contributed by atoms with van der Waals surface area (Å²) in [4.78, 5) is 12.9. The largest absolute Gasteiger partial charge is 0.489 e. The van der Waals surface area contributed by atoms with E-state index in [1.54, 1.807) is 0 Å². The highest BCUT2D eigenvalue weighted by Crippen LogP contribution is 2.49. The van der Waals surface area contributed by atoms with Gasteiger partial charge in [0.2, 0.25) is 0 Å². The minimum absolute atomic E-state index is 0.0520. The van der Waals surface area contributed by atoms with Crippen molar-refractivity contribution >= 4 is 11.0 Å². The summed E-state index contributed by atoms with van der Waals surface area (Å²) in [5.74, 6) is 1.13. The van der Waals surface area contributed by atoms with Gasteiger partial charge in [-0.25, -0.2) is 4.79 Å². The van der Waals surface area contributed by atoms with Crippen LogP contribution in [-0.4, -0.2) is 6.10 Å². The maximum atomic E-state index is 12.9. The van der Waals surface area contributed by atoms with Crippen molar-refractivity contribution < 1.29 is 9.15 Å². The van der Waals surface area contributed by atoms with Crippen molar-refractivity contribution in [3.63, 3.8) is 0 Å². The number of para-hydroxylation sites is 1. The third-order valence-electron chi connectivity index (χ3n) is 5.72. The van der Waals surface area contributed by atoms with Crippen LogP contribution in [0.3, 0.4) is 0 Å². The zero-order chi connectivity index (χ0) is 16.8. The van der Waals surface area contributed by atoms with E-state index in [-0.39, 0.29) is 17.6 Å². The van der Waals surface area contributed by atoms with Gasteiger partial charge in [-0.05, 0) is 37.0 Å². The van der Waals surface area contributed by atoms with Crippen LogP contribution in [0, 0.1) is 5.92 Å². The predicted molar refractivity (Wildman–Crippen MR) is 97.1 cm³/mol. The molecule has 1 saturated carbocycles. The zero-order valence-electron chi connectivity index (χ0n) is 14.0. The molecule has 1 aliphatic heterocycles. The van der Waals surface area contributed by atoms with Crippen molar-refractivity contribution in [2.75, 3.05) is 0 Å². The average Bonchev–Trinajstić information content (AvgIpc) is 2.67. The standard InChI is InChI=1S/C22H20O3/c23-22-20-19(14-8-2-1-3-9-14)15-10-4-6-12-17(15)24-21(20)16-11-5-7-13-18(16)25-22/h1-3,5,7-9,11,13,15,17,19H,4,6,10,12H2/t15?,17-,19-/m0/s1. The van der Waals surface area contributed by atoms with Crippen LogP contribution in [0.5, 0.6) is 5.75 Å². The third-order valence-corrected chi connectivity index (χ3v) is 5.72. The van der Waals surface area contributed by atoms with Gasteiger partial charge in [-0.15, -0.1) is 0 Å². The van der Waals surface area contributed by atoms with Crippen molar-refractivity contribution in [3.05, 3.63) is 76.1 Å². The number of benzene rings is 2. The smallest absolute Gasteiger partial charge is 0.343 e. The lowest BCUT2D eigenvalue weighted by atomic mass is 9.70. The van der Waals surface area contributed by atoms with Gasteiger partial charge >= 0.3 is 5.63 Å². The second-order valence-corrected chi connectivity index (χ2v) is 7.12. The fourth-order valence-corrected chi connectivity index (χ4v) is 4.62. The molecule has 1 aromatic heterocycles. The number of hydrogen-bond donors (Lipinski definition) is 0. The first-order chi connectivity index (χ1) is 12.3. The molecule has 126 valence electrons. The van der Waals surface area contributed by atoms with E-state index in [0.29, 0.717) is 17.1 Å². The highest BCUT2D eigenvalue weighted by molar-refractivity contribution is 5.85. The SMILES string of the molecule is O=c1oc2ccccc2c2c1[C@@H](c1ccccc1)C1CCCC[C@@H]1O2. The second-order valence-electron chi connectivity index (χ2n) is 7.12. The molecular weight excluding hydrogens is 312 g/mol. The predicted octanol–water partition coefficient (Wildman–Crippen LogP) is 4.88. The van der Waals surface area contributed by atoms with E-state index in [9.17, 15) is 4.79 Å². The van der Waals surface area contributed by atoms with Crippen molar-refractivity contribution in [1.82, 2.24) is 0 Å². The minimum Gasteiger partial charge on any atom is -0.489 e. The molecule has 3 heteroatoms. The van der Waals surface area contributed by atoms with E-state index in [4.69, 9.17) is 9.15 Å². The van der Waals surface area contributed by atoms with Gasteiger partial charge in [-0.2, -0.15) is 0 Å². The molecule has 25 heavy (non-hydrogen) atoms. The van der Waals surface area contributed by atoms with Crippen molar-refractivity contribution in [1.29, 1.82) is 0 Å². The Labute approximate surface area is 146 Å². The summed E-state index contributed by atoms with van der Waals surface area (Å²) in [6, 6.07) is 18.0. The fourth-order valence-electron chi connectivity index (χ4n) is 4.62. The maximum absolute atomic E-state index is 12.9. The van der Waals surface area contributed by atoms with Crippen LogP contribution in [0.25, 0.3) is 11.0 Å². The van der Waals surface area contributed by atoms with E-state index in [2.05, 4.69) is 12.1 Å². The lowest BCUT2D eigenvalue weighted by Crippen LogP contribution is -2.41. The summed E-state index contributed by atoms with van der Waals surface area (Å²) in [5, 5.41) is 0.905. The first kappa shape index (κ1) is 14.8. The Bertz CT molecular complexity index is 973. The Hall–Kier alpha value is -2.55. The molecule has 2 aromatic carbocycles. The van der Waals surface area contributed by atoms with Gasteiger partial charge in [0, 0.05) is 11.8 Å². The molecule has 3 nitrogen and oxygen atoms in total. The quantitative estimate of drug-likeness (QED) is 0.596. The highest BCUT2D eigenvalue weighted by Gasteiger charge is 2.43. The average molecular weight is 332 g/mol. The van der Waals surface area contributed by atoms with Crippen LogP contribution in [0.15, 0.2) is 63.8 Å². The minimum atomic E-state index is -0.258. The molecule has 0 spiro atoms. The Morgan fingerprint density at radius 2 is 1.64 bits per heavy atom. The van der Waals surface area contributed by atoms with Gasteiger partial charge in [0.25, 0.3) is 0 Å². The van der Waals surface area contributed by atoms with Gasteiger partial charge in [0.05, 0.1) is 10.9 Å². The van der Waals surface area contributed by atoms with Gasteiger partial charge in [-0.3, -0.25) is 0 Å². The van der Waals surface area contributed by atoms with Crippen LogP contribution < -0.4 is 10.4 Å². The van der Waals surface area contributed by atoms with Crippen molar-refractivity contribution in [2.24, 2.45) is 5.92 Å². The fraction of sp³-hybridized carbons (Fsp3) is 0.318. The monoisotopic (exact) mass is 332 g/mol. The second kappa shape index (κ2) is 5.76. The Morgan fingerprint density at radius 3 is 2.52 bits per heavy atom. The summed E-state index contributed by atoms with van der Waals surface area (Å²) in [7, 11) is 0. The number of rotatable bonds is 1. The van der Waals surface area contributed by atoms with Gasteiger partial charge in [0.1, 0.15) is 17.4 Å². The first-order valence-electron chi connectivity index (χ1n) is 9.10. The topological polar surface area (TPSA) is 39.4 Å². The molecule has 0 radical (unpaired) electrons. The molecule has 2 aliphatic rings. The molecule has 0 saturated heterocycles. The lowest BCUT2D eigenvalue weighted by molar-refractivity contribution is 0.0636. The van der Waals surface area contributed by atoms with E-state index in [0.717, 1.165) is 24.0 Å². The highest BCUT2D eigenvalue weighted by atomic mass is 16.5. The summed E-state index contributed by atoms with van der Waals surface area (Å²) >= 11 is 0. The van der Waals surface area contributed by atoms with Crippen LogP contribution in [0.4, 0.5) is 0 Å². The van der Waals surface area contributed by atoms with Crippen molar-refractivity contribution in [3.8, 4) is 5.75 Å². The van der Waals surface area contributed by atoms with Gasteiger partial charge < -0.3 is 9.15 Å². The number of ether oxygens (including phenoxy) is 1. The summed E-state index contributed by atoms with van der Waals surface area (Å²) in [6.07, 6.45) is 4.72. The first-order valence-corrected chi connectivity index (χ1v) is 9.10. The normalized spacial score (nSPS) is 25.0. The summed E-state index contributed by atoms with van der Waals surface area (Å²) in [6.45, 7) is 0. The van der Waals surface area contributed by atoms with E-state index in [1.807, 2.05) is 42.5 Å². The third kappa shape index (κ3) is 2.30. The molecule has 1 aliphatic carbocycles. The molecule has 5 rings (SSSR count). The molecule has 1 fully saturated rings. The van der Waals surface area contributed by atoms with E-state index >= 15 is 0 Å². The molecule has 0 amide bonds. The molecule has 3 atom stereocenters. The number of hydrogen-bond acceptors (Lipinski definition) is 3. The lowest BCUT2D eigenvalue weighted by Gasteiger charge is -2.42. The summed E-state index contributed by atoms with van der Waals surface area (Å²) < 4.78 is 12.1. The molecule has 0 N–H and O–H groups in total. The van der Waals surface area contributed by atoms with Gasteiger partial charge in [0.15, 0.2) is 0 Å². The van der Waals surface area contributed by atoms with Gasteiger partial charge in [-0.1, -0.05) is 48.9 Å². The van der Waals surface area contributed by atoms with E-state index < -0.39 is 0 Å². The molecular formula is C22H20O3. The Morgan fingerprint density at radius 1 is 0.880 bits per heavy atom. The van der Waals surface area contributed by atoms with Crippen LogP contribution in [0.2, 0.25) is 0 Å².